The van der Waals surface area contributed by atoms with E-state index in [1.54, 1.807) is 24.3 Å². The summed E-state index contributed by atoms with van der Waals surface area (Å²) in [6.07, 6.45) is 6.64. The molecule has 8 heteroatoms. The molecule has 2 aromatic rings. The second-order valence-corrected chi connectivity index (χ2v) is 11.4. The van der Waals surface area contributed by atoms with Crippen molar-refractivity contribution in [3.63, 3.8) is 0 Å². The number of carbonyl (C=O) groups excluding carboxylic acids is 2. The Balaban J connectivity index is 1.39. The van der Waals surface area contributed by atoms with E-state index >= 15 is 0 Å². The third-order valence-corrected chi connectivity index (χ3v) is 8.51. The molecule has 2 aliphatic heterocycles. The minimum absolute atomic E-state index is 0.0301. The monoisotopic (exact) mass is 542 g/mol. The van der Waals surface area contributed by atoms with Crippen LogP contribution in [0.4, 0.5) is 4.39 Å². The van der Waals surface area contributed by atoms with E-state index in [1.807, 2.05) is 21.9 Å². The Morgan fingerprint density at radius 3 is 2.39 bits per heavy atom. The van der Waals surface area contributed by atoms with Gasteiger partial charge in [-0.3, -0.25) is 9.59 Å². The van der Waals surface area contributed by atoms with Gasteiger partial charge in [-0.05, 0) is 68.0 Å². The molecular weight excluding hydrogens is 507 g/mol. The number of carbonyl (C=O) groups is 2. The van der Waals surface area contributed by atoms with Gasteiger partial charge in [0.1, 0.15) is 23.8 Å². The summed E-state index contributed by atoms with van der Waals surface area (Å²) in [4.78, 5) is 31.4. The second-order valence-electron chi connectivity index (χ2n) is 10.9. The standard InChI is InChI=1S/C30H36ClFN2O4/c31-24-7-6-8-26(19-24)37-22-29(20-27(35)33-15-4-1-5-16-33)21-34(17-18-38-29)28(36)30(13-2-3-14-30)23-9-11-25(32)12-10-23/h6-12,19H,1-5,13-18,20-22H2. The number of hydrogen-bond acceptors (Lipinski definition) is 4. The Hall–Kier alpha value is -2.64. The van der Waals surface area contributed by atoms with Gasteiger partial charge in [0, 0.05) is 24.7 Å². The first-order valence-electron chi connectivity index (χ1n) is 13.7. The first-order valence-corrected chi connectivity index (χ1v) is 14.1. The normalized spacial score (nSPS) is 23.3. The summed E-state index contributed by atoms with van der Waals surface area (Å²) in [6, 6.07) is 13.5. The number of rotatable bonds is 7. The topological polar surface area (TPSA) is 59.1 Å². The fourth-order valence-electron chi connectivity index (χ4n) is 6.24. The van der Waals surface area contributed by atoms with E-state index in [4.69, 9.17) is 21.1 Å². The number of halogens is 2. The molecular formula is C30H36ClFN2O4. The largest absolute Gasteiger partial charge is 0.490 e. The first-order chi connectivity index (χ1) is 18.4. The van der Waals surface area contributed by atoms with Crippen molar-refractivity contribution in [3.05, 3.63) is 64.9 Å². The number of ether oxygens (including phenoxy) is 2. The molecule has 2 amide bonds. The maximum Gasteiger partial charge on any atom is 0.233 e. The van der Waals surface area contributed by atoms with Crippen molar-refractivity contribution in [2.45, 2.75) is 62.4 Å². The molecule has 2 aromatic carbocycles. The second kappa shape index (κ2) is 11.6. The van der Waals surface area contributed by atoms with Crippen LogP contribution in [0.1, 0.15) is 56.9 Å². The molecule has 2 heterocycles. The lowest BCUT2D eigenvalue weighted by molar-refractivity contribution is -0.169. The van der Waals surface area contributed by atoms with Crippen LogP contribution >= 0.6 is 11.6 Å². The molecule has 5 rings (SSSR count). The van der Waals surface area contributed by atoms with Crippen LogP contribution < -0.4 is 4.74 Å². The van der Waals surface area contributed by atoms with Crippen LogP contribution in [0.25, 0.3) is 0 Å². The van der Waals surface area contributed by atoms with Crippen LogP contribution in [0.15, 0.2) is 48.5 Å². The van der Waals surface area contributed by atoms with Crippen LogP contribution in [0.3, 0.4) is 0 Å². The average Bonchev–Trinajstić information content (AvgIpc) is 3.44. The Labute approximate surface area is 229 Å². The summed E-state index contributed by atoms with van der Waals surface area (Å²) in [5, 5.41) is 0.560. The molecule has 3 aliphatic rings. The molecule has 38 heavy (non-hydrogen) atoms. The molecule has 1 atom stereocenters. The van der Waals surface area contributed by atoms with Gasteiger partial charge in [0.05, 0.1) is 25.0 Å². The minimum Gasteiger partial charge on any atom is -0.490 e. The number of hydrogen-bond donors (Lipinski definition) is 0. The molecule has 2 saturated heterocycles. The highest BCUT2D eigenvalue weighted by molar-refractivity contribution is 6.30. The molecule has 1 saturated carbocycles. The number of amides is 2. The molecule has 1 aliphatic carbocycles. The molecule has 204 valence electrons. The highest BCUT2D eigenvalue weighted by Crippen LogP contribution is 2.43. The fourth-order valence-corrected chi connectivity index (χ4v) is 6.42. The Morgan fingerprint density at radius 1 is 0.947 bits per heavy atom. The SMILES string of the molecule is O=C(CC1(COc2cccc(Cl)c2)CN(C(=O)C2(c3ccc(F)cc3)CCCC2)CCO1)N1CCCCC1. The molecule has 1 unspecified atom stereocenters. The van der Waals surface area contributed by atoms with E-state index < -0.39 is 11.0 Å². The highest BCUT2D eigenvalue weighted by atomic mass is 35.5. The van der Waals surface area contributed by atoms with Crippen molar-refractivity contribution < 1.29 is 23.5 Å². The van der Waals surface area contributed by atoms with E-state index in [0.717, 1.165) is 63.6 Å². The van der Waals surface area contributed by atoms with E-state index in [2.05, 4.69) is 0 Å². The van der Waals surface area contributed by atoms with Gasteiger partial charge in [-0.25, -0.2) is 4.39 Å². The van der Waals surface area contributed by atoms with Gasteiger partial charge in [-0.2, -0.15) is 0 Å². The number of likely N-dealkylation sites (tertiary alicyclic amines) is 1. The van der Waals surface area contributed by atoms with Gasteiger partial charge in [0.25, 0.3) is 0 Å². The van der Waals surface area contributed by atoms with Gasteiger partial charge in [0.2, 0.25) is 11.8 Å². The number of benzene rings is 2. The zero-order valence-corrected chi connectivity index (χ0v) is 22.6. The third-order valence-electron chi connectivity index (χ3n) is 8.28. The summed E-state index contributed by atoms with van der Waals surface area (Å²) >= 11 is 6.16. The number of piperidine rings is 1. The Morgan fingerprint density at radius 2 is 1.68 bits per heavy atom. The van der Waals surface area contributed by atoms with E-state index in [9.17, 15) is 14.0 Å². The maximum absolute atomic E-state index is 14.2. The lowest BCUT2D eigenvalue weighted by atomic mass is 9.77. The summed E-state index contributed by atoms with van der Waals surface area (Å²) in [6.45, 7) is 2.64. The third kappa shape index (κ3) is 5.84. The fraction of sp³-hybridized carbons (Fsp3) is 0.533. The van der Waals surface area contributed by atoms with Crippen molar-refractivity contribution in [2.75, 3.05) is 39.4 Å². The van der Waals surface area contributed by atoms with Crippen molar-refractivity contribution in [2.24, 2.45) is 0 Å². The van der Waals surface area contributed by atoms with Crippen LogP contribution in [0.2, 0.25) is 5.02 Å². The number of morpholine rings is 1. The lowest BCUT2D eigenvalue weighted by Gasteiger charge is -2.45. The number of nitrogens with zero attached hydrogens (tertiary/aromatic N) is 2. The molecule has 3 fully saturated rings. The predicted octanol–water partition coefficient (Wildman–Crippen LogP) is 5.37. The summed E-state index contributed by atoms with van der Waals surface area (Å²) in [7, 11) is 0. The van der Waals surface area contributed by atoms with Crippen LogP contribution in [0, 0.1) is 5.82 Å². The zero-order valence-electron chi connectivity index (χ0n) is 21.8. The maximum atomic E-state index is 14.2. The summed E-state index contributed by atoms with van der Waals surface area (Å²) in [5.41, 5.74) is -0.799. The average molecular weight is 543 g/mol. The van der Waals surface area contributed by atoms with Gasteiger partial charge < -0.3 is 19.3 Å². The van der Waals surface area contributed by atoms with E-state index in [-0.39, 0.29) is 37.2 Å². The predicted molar refractivity (Wildman–Crippen MR) is 144 cm³/mol. The molecule has 0 N–H and O–H groups in total. The molecule has 0 spiro atoms. The summed E-state index contributed by atoms with van der Waals surface area (Å²) in [5.74, 6) is 0.340. The van der Waals surface area contributed by atoms with Crippen LogP contribution in [-0.2, 0) is 19.7 Å². The lowest BCUT2D eigenvalue weighted by Crippen LogP contribution is -2.61. The van der Waals surface area contributed by atoms with Gasteiger partial charge >= 0.3 is 0 Å². The van der Waals surface area contributed by atoms with E-state index in [0.29, 0.717) is 23.9 Å². The van der Waals surface area contributed by atoms with E-state index in [1.165, 1.54) is 12.1 Å². The Kier molecular flexibility index (Phi) is 8.24. The van der Waals surface area contributed by atoms with Crippen LogP contribution in [0.5, 0.6) is 5.75 Å². The smallest absolute Gasteiger partial charge is 0.233 e. The van der Waals surface area contributed by atoms with Crippen molar-refractivity contribution in [3.8, 4) is 5.75 Å². The van der Waals surface area contributed by atoms with Gasteiger partial charge in [-0.1, -0.05) is 42.6 Å². The molecule has 0 bridgehead atoms. The zero-order chi connectivity index (χ0) is 26.6. The molecule has 0 aromatic heterocycles. The Bertz CT molecular complexity index is 1130. The highest BCUT2D eigenvalue weighted by Gasteiger charge is 2.49. The minimum atomic E-state index is -0.979. The summed E-state index contributed by atoms with van der Waals surface area (Å²) < 4.78 is 26.2. The quantitative estimate of drug-likeness (QED) is 0.472. The first kappa shape index (κ1) is 26.9. The molecule has 6 nitrogen and oxygen atoms in total. The molecule has 0 radical (unpaired) electrons. The van der Waals surface area contributed by atoms with Gasteiger partial charge in [-0.15, -0.1) is 0 Å². The van der Waals surface area contributed by atoms with Crippen molar-refractivity contribution in [1.82, 2.24) is 9.80 Å². The van der Waals surface area contributed by atoms with Crippen molar-refractivity contribution in [1.29, 1.82) is 0 Å². The van der Waals surface area contributed by atoms with Crippen molar-refractivity contribution >= 4 is 23.4 Å². The van der Waals surface area contributed by atoms with Crippen LogP contribution in [-0.4, -0.2) is 66.6 Å². The van der Waals surface area contributed by atoms with Gasteiger partial charge in [0.15, 0.2) is 0 Å².